The molecule has 1 aromatic heterocycles. The zero-order chi connectivity index (χ0) is 15.5. The fourth-order valence-corrected chi connectivity index (χ4v) is 4.34. The van der Waals surface area contributed by atoms with Crippen LogP contribution in [0.2, 0.25) is 0 Å². The fraction of sp³-hybridized carbons (Fsp3) is 0.769. The van der Waals surface area contributed by atoms with Crippen molar-refractivity contribution < 1.29 is 13.5 Å². The van der Waals surface area contributed by atoms with Gasteiger partial charge in [0, 0.05) is 38.5 Å². The van der Waals surface area contributed by atoms with Gasteiger partial charge in [-0.05, 0) is 33.4 Å². The lowest BCUT2D eigenvalue weighted by atomic mass is 10.2. The molecule has 1 aliphatic heterocycles. The minimum absolute atomic E-state index is 0.0331. The summed E-state index contributed by atoms with van der Waals surface area (Å²) in [7, 11) is 0.432. The van der Waals surface area contributed by atoms with E-state index in [2.05, 4.69) is 5.10 Å². The highest BCUT2D eigenvalue weighted by Gasteiger charge is 2.36. The number of sulfonamides is 1. The van der Waals surface area contributed by atoms with E-state index in [0.29, 0.717) is 19.5 Å². The smallest absolute Gasteiger partial charge is 0.246 e. The second-order valence-corrected chi connectivity index (χ2v) is 7.58. The Kier molecular flexibility index (Phi) is 5.37. The van der Waals surface area contributed by atoms with Crippen molar-refractivity contribution in [1.82, 2.24) is 19.0 Å². The maximum atomic E-state index is 12.7. The third kappa shape index (κ3) is 3.82. The number of likely N-dealkylation sites (N-methyl/N-ethyl adjacent to an activating group) is 1. The first-order valence-corrected chi connectivity index (χ1v) is 8.69. The second-order valence-electron chi connectivity index (χ2n) is 5.69. The molecule has 0 amide bonds. The van der Waals surface area contributed by atoms with Crippen LogP contribution in [0.4, 0.5) is 0 Å². The standard InChI is InChI=1S/C13H24N4O3S/c1-15(2)10-12-5-3-7-17(12)21(19,20)13-9-14-16(11-13)6-4-8-18/h9,11-12,18H,3-8,10H2,1-2H3. The Bertz CT molecular complexity index is 556. The molecule has 2 rings (SSSR count). The maximum absolute atomic E-state index is 12.7. The van der Waals surface area contributed by atoms with Gasteiger partial charge in [0.15, 0.2) is 0 Å². The number of aliphatic hydroxyl groups excluding tert-OH is 1. The first-order valence-electron chi connectivity index (χ1n) is 7.25. The SMILES string of the molecule is CN(C)CC1CCCN1S(=O)(=O)c1cnn(CCCO)c1. The van der Waals surface area contributed by atoms with Crippen LogP contribution < -0.4 is 0 Å². The fourth-order valence-electron chi connectivity index (χ4n) is 2.70. The van der Waals surface area contributed by atoms with Crippen molar-refractivity contribution >= 4 is 10.0 Å². The molecule has 0 saturated carbocycles. The molecule has 0 aliphatic carbocycles. The molecule has 1 atom stereocenters. The van der Waals surface area contributed by atoms with E-state index in [4.69, 9.17) is 5.11 Å². The maximum Gasteiger partial charge on any atom is 0.246 e. The third-order valence-electron chi connectivity index (χ3n) is 3.66. The van der Waals surface area contributed by atoms with E-state index < -0.39 is 10.0 Å². The molecule has 0 bridgehead atoms. The Morgan fingerprint density at radius 1 is 1.48 bits per heavy atom. The Morgan fingerprint density at radius 3 is 2.90 bits per heavy atom. The van der Waals surface area contributed by atoms with Crippen molar-refractivity contribution in [2.45, 2.75) is 36.7 Å². The molecule has 8 heteroatoms. The monoisotopic (exact) mass is 316 g/mol. The topological polar surface area (TPSA) is 78.7 Å². The van der Waals surface area contributed by atoms with Crippen LogP contribution in [0.15, 0.2) is 17.3 Å². The first-order chi connectivity index (χ1) is 9.95. The van der Waals surface area contributed by atoms with Crippen molar-refractivity contribution in [1.29, 1.82) is 0 Å². The van der Waals surface area contributed by atoms with Gasteiger partial charge < -0.3 is 10.0 Å². The van der Waals surface area contributed by atoms with Crippen LogP contribution in [0.5, 0.6) is 0 Å². The second kappa shape index (κ2) is 6.87. The summed E-state index contributed by atoms with van der Waals surface area (Å²) >= 11 is 0. The summed E-state index contributed by atoms with van der Waals surface area (Å²) in [6.45, 7) is 1.90. The van der Waals surface area contributed by atoms with Crippen LogP contribution in [0, 0.1) is 0 Å². The zero-order valence-corrected chi connectivity index (χ0v) is 13.5. The largest absolute Gasteiger partial charge is 0.396 e. The molecule has 21 heavy (non-hydrogen) atoms. The average Bonchev–Trinajstić information content (AvgIpc) is 3.04. The minimum atomic E-state index is -3.48. The van der Waals surface area contributed by atoms with Crippen LogP contribution in [0.1, 0.15) is 19.3 Å². The van der Waals surface area contributed by atoms with Gasteiger partial charge in [-0.1, -0.05) is 0 Å². The summed E-state index contributed by atoms with van der Waals surface area (Å²) in [6, 6.07) is 0.0331. The Hall–Kier alpha value is -0.960. The summed E-state index contributed by atoms with van der Waals surface area (Å²) in [6.07, 6.45) is 5.31. The number of aryl methyl sites for hydroxylation is 1. The van der Waals surface area contributed by atoms with Crippen LogP contribution in [0.3, 0.4) is 0 Å². The lowest BCUT2D eigenvalue weighted by molar-refractivity contribution is 0.277. The van der Waals surface area contributed by atoms with Crippen molar-refractivity contribution in [3.05, 3.63) is 12.4 Å². The number of nitrogens with zero attached hydrogens (tertiary/aromatic N) is 4. The highest BCUT2D eigenvalue weighted by Crippen LogP contribution is 2.26. The van der Waals surface area contributed by atoms with Crippen LogP contribution in [-0.2, 0) is 16.6 Å². The van der Waals surface area contributed by atoms with Gasteiger partial charge in [0.2, 0.25) is 10.0 Å². The van der Waals surface area contributed by atoms with Crippen LogP contribution >= 0.6 is 0 Å². The predicted molar refractivity (Wildman–Crippen MR) is 79.4 cm³/mol. The van der Waals surface area contributed by atoms with E-state index in [1.165, 1.54) is 6.20 Å². The number of hydrogen-bond acceptors (Lipinski definition) is 5. The molecule has 1 aliphatic rings. The van der Waals surface area contributed by atoms with Gasteiger partial charge in [0.1, 0.15) is 4.90 Å². The van der Waals surface area contributed by atoms with Gasteiger partial charge in [-0.25, -0.2) is 8.42 Å². The normalized spacial score (nSPS) is 20.5. The van der Waals surface area contributed by atoms with E-state index in [-0.39, 0.29) is 17.5 Å². The lowest BCUT2D eigenvalue weighted by Crippen LogP contribution is -2.41. The number of aliphatic hydroxyl groups is 1. The van der Waals surface area contributed by atoms with Gasteiger partial charge in [-0.3, -0.25) is 4.68 Å². The van der Waals surface area contributed by atoms with Gasteiger partial charge in [-0.2, -0.15) is 9.40 Å². The van der Waals surface area contributed by atoms with Crippen molar-refractivity contribution in [2.75, 3.05) is 33.8 Å². The van der Waals surface area contributed by atoms with E-state index in [1.54, 1.807) is 15.2 Å². The molecule has 1 unspecified atom stereocenters. The van der Waals surface area contributed by atoms with E-state index >= 15 is 0 Å². The average molecular weight is 316 g/mol. The molecule has 0 spiro atoms. The molecular weight excluding hydrogens is 292 g/mol. The number of aromatic nitrogens is 2. The van der Waals surface area contributed by atoms with Crippen molar-refractivity contribution in [2.24, 2.45) is 0 Å². The summed E-state index contributed by atoms with van der Waals surface area (Å²) in [5.74, 6) is 0. The van der Waals surface area contributed by atoms with E-state index in [1.807, 2.05) is 19.0 Å². The van der Waals surface area contributed by atoms with Gasteiger partial charge in [0.25, 0.3) is 0 Å². The molecule has 1 saturated heterocycles. The summed E-state index contributed by atoms with van der Waals surface area (Å²) in [4.78, 5) is 2.26. The molecule has 2 heterocycles. The molecule has 1 fully saturated rings. The Morgan fingerprint density at radius 2 is 2.24 bits per heavy atom. The Balaban J connectivity index is 2.15. The van der Waals surface area contributed by atoms with Gasteiger partial charge in [0.05, 0.1) is 6.20 Å². The highest BCUT2D eigenvalue weighted by atomic mass is 32.2. The Labute approximate surface area is 126 Å². The summed E-state index contributed by atoms with van der Waals surface area (Å²) in [5.41, 5.74) is 0. The number of rotatable bonds is 7. The van der Waals surface area contributed by atoms with Crippen LogP contribution in [0.25, 0.3) is 0 Å². The van der Waals surface area contributed by atoms with E-state index in [9.17, 15) is 8.42 Å². The lowest BCUT2D eigenvalue weighted by Gasteiger charge is -2.25. The molecule has 1 aromatic rings. The quantitative estimate of drug-likeness (QED) is 0.765. The molecule has 0 aromatic carbocycles. The van der Waals surface area contributed by atoms with E-state index in [0.717, 1.165) is 19.4 Å². The van der Waals surface area contributed by atoms with Gasteiger partial charge >= 0.3 is 0 Å². The van der Waals surface area contributed by atoms with Crippen molar-refractivity contribution in [3.63, 3.8) is 0 Å². The van der Waals surface area contributed by atoms with Crippen LogP contribution in [-0.4, -0.2) is 72.3 Å². The summed E-state index contributed by atoms with van der Waals surface area (Å²) in [5, 5.41) is 12.9. The third-order valence-corrected chi connectivity index (χ3v) is 5.57. The summed E-state index contributed by atoms with van der Waals surface area (Å²) < 4.78 is 28.6. The number of hydrogen-bond donors (Lipinski definition) is 1. The zero-order valence-electron chi connectivity index (χ0n) is 12.6. The van der Waals surface area contributed by atoms with Gasteiger partial charge in [-0.15, -0.1) is 0 Å². The minimum Gasteiger partial charge on any atom is -0.396 e. The highest BCUT2D eigenvalue weighted by molar-refractivity contribution is 7.89. The predicted octanol–water partition coefficient (Wildman–Crippen LogP) is -0.0198. The molecular formula is C13H24N4O3S. The van der Waals surface area contributed by atoms with Crippen molar-refractivity contribution in [3.8, 4) is 0 Å². The molecule has 0 radical (unpaired) electrons. The molecule has 1 N–H and O–H groups in total. The molecule has 7 nitrogen and oxygen atoms in total. The first kappa shape index (κ1) is 16.4. The molecule has 120 valence electrons.